The number of hydrogen-bond donors (Lipinski definition) is 2. The topological polar surface area (TPSA) is 133 Å². The minimum absolute atomic E-state index is 0.0443. The molecule has 0 unspecified atom stereocenters. The van der Waals surface area contributed by atoms with E-state index in [4.69, 9.17) is 5.14 Å². The summed E-state index contributed by atoms with van der Waals surface area (Å²) in [6.07, 6.45) is 2.15. The van der Waals surface area contributed by atoms with E-state index in [-0.39, 0.29) is 16.5 Å². The Morgan fingerprint density at radius 3 is 2.34 bits per heavy atom. The van der Waals surface area contributed by atoms with E-state index in [0.29, 0.717) is 24.4 Å². The Morgan fingerprint density at radius 1 is 0.969 bits per heavy atom. The van der Waals surface area contributed by atoms with Crippen LogP contribution in [0.25, 0.3) is 17.1 Å². The number of aromatic nitrogens is 4. The van der Waals surface area contributed by atoms with Crippen LogP contribution >= 0.6 is 0 Å². The van der Waals surface area contributed by atoms with Gasteiger partial charge in [0.05, 0.1) is 16.3 Å². The number of nitrogens with two attached hydrogens (primary N) is 1. The third-order valence-corrected chi connectivity index (χ3v) is 5.67. The first kappa shape index (κ1) is 21.3. The van der Waals surface area contributed by atoms with E-state index in [0.717, 1.165) is 11.3 Å². The second kappa shape index (κ2) is 9.08. The molecule has 0 aliphatic rings. The zero-order valence-corrected chi connectivity index (χ0v) is 17.7. The molecule has 0 aliphatic heterocycles. The number of rotatable bonds is 7. The first-order valence-corrected chi connectivity index (χ1v) is 11.3. The van der Waals surface area contributed by atoms with Crippen molar-refractivity contribution in [2.75, 3.05) is 6.54 Å². The first-order chi connectivity index (χ1) is 15.4. The molecule has 2 aromatic heterocycles. The second-order valence-electron chi connectivity index (χ2n) is 6.94. The fourth-order valence-electron chi connectivity index (χ4n) is 3.17. The van der Waals surface area contributed by atoms with Crippen molar-refractivity contribution in [1.29, 1.82) is 0 Å². The van der Waals surface area contributed by atoms with Crippen LogP contribution in [0.15, 0.2) is 83.9 Å². The SMILES string of the molecule is NS(=O)(=O)c1ccc(CCNC(=O)c2nnn(-c3ccccc3)c2-c2ccccn2)cc1. The van der Waals surface area contributed by atoms with Gasteiger partial charge in [-0.3, -0.25) is 9.78 Å². The van der Waals surface area contributed by atoms with Gasteiger partial charge in [-0.1, -0.05) is 41.6 Å². The predicted molar refractivity (Wildman–Crippen MR) is 118 cm³/mol. The maximum Gasteiger partial charge on any atom is 0.274 e. The van der Waals surface area contributed by atoms with Crippen molar-refractivity contribution in [3.8, 4) is 17.1 Å². The number of nitrogens with one attached hydrogen (secondary N) is 1. The van der Waals surface area contributed by atoms with E-state index in [9.17, 15) is 13.2 Å². The summed E-state index contributed by atoms with van der Waals surface area (Å²) in [5.74, 6) is -0.381. The number of carbonyl (C=O) groups is 1. The highest BCUT2D eigenvalue weighted by molar-refractivity contribution is 7.89. The lowest BCUT2D eigenvalue weighted by molar-refractivity contribution is 0.0949. The lowest BCUT2D eigenvalue weighted by Crippen LogP contribution is -2.26. The van der Waals surface area contributed by atoms with E-state index in [1.807, 2.05) is 36.4 Å². The van der Waals surface area contributed by atoms with Gasteiger partial charge in [-0.25, -0.2) is 18.2 Å². The molecule has 2 heterocycles. The van der Waals surface area contributed by atoms with E-state index < -0.39 is 10.0 Å². The van der Waals surface area contributed by atoms with Crippen molar-refractivity contribution in [3.63, 3.8) is 0 Å². The Bertz CT molecular complexity index is 1320. The molecule has 0 aliphatic carbocycles. The number of hydrogen-bond acceptors (Lipinski definition) is 6. The number of sulfonamides is 1. The van der Waals surface area contributed by atoms with Gasteiger partial charge in [0.2, 0.25) is 10.0 Å². The number of pyridine rings is 1. The Kier molecular flexibility index (Phi) is 6.06. The smallest absolute Gasteiger partial charge is 0.274 e. The van der Waals surface area contributed by atoms with Crippen LogP contribution in [0.4, 0.5) is 0 Å². The van der Waals surface area contributed by atoms with Gasteiger partial charge < -0.3 is 5.32 Å². The molecule has 162 valence electrons. The van der Waals surface area contributed by atoms with Gasteiger partial charge in [-0.15, -0.1) is 5.10 Å². The van der Waals surface area contributed by atoms with Crippen LogP contribution in [-0.4, -0.2) is 40.8 Å². The van der Waals surface area contributed by atoms with E-state index >= 15 is 0 Å². The van der Waals surface area contributed by atoms with Crippen LogP contribution in [-0.2, 0) is 16.4 Å². The van der Waals surface area contributed by atoms with Gasteiger partial charge in [0, 0.05) is 12.7 Å². The Balaban J connectivity index is 1.53. The summed E-state index contributed by atoms with van der Waals surface area (Å²) in [5.41, 5.74) is 2.85. The number of primary sulfonamides is 1. The summed E-state index contributed by atoms with van der Waals surface area (Å²) in [6, 6.07) is 21.0. The highest BCUT2D eigenvalue weighted by Crippen LogP contribution is 2.23. The van der Waals surface area contributed by atoms with Crippen molar-refractivity contribution in [1.82, 2.24) is 25.3 Å². The van der Waals surface area contributed by atoms with Crippen LogP contribution in [0.3, 0.4) is 0 Å². The average Bonchev–Trinajstić information content (AvgIpc) is 3.25. The van der Waals surface area contributed by atoms with Gasteiger partial charge >= 0.3 is 0 Å². The lowest BCUT2D eigenvalue weighted by Gasteiger charge is -2.08. The Labute approximate surface area is 185 Å². The van der Waals surface area contributed by atoms with Gasteiger partial charge in [0.15, 0.2) is 5.69 Å². The van der Waals surface area contributed by atoms with Crippen LogP contribution in [0.1, 0.15) is 16.1 Å². The molecule has 4 aromatic rings. The van der Waals surface area contributed by atoms with Crippen molar-refractivity contribution in [3.05, 3.63) is 90.3 Å². The molecule has 9 nitrogen and oxygen atoms in total. The lowest BCUT2D eigenvalue weighted by atomic mass is 10.1. The Morgan fingerprint density at radius 2 is 1.69 bits per heavy atom. The van der Waals surface area contributed by atoms with Gasteiger partial charge in [0.25, 0.3) is 5.91 Å². The summed E-state index contributed by atoms with van der Waals surface area (Å²) < 4.78 is 24.3. The molecule has 1 amide bonds. The zero-order chi connectivity index (χ0) is 22.6. The minimum Gasteiger partial charge on any atom is -0.350 e. The third kappa shape index (κ3) is 4.71. The number of nitrogens with zero attached hydrogens (tertiary/aromatic N) is 4. The molecule has 32 heavy (non-hydrogen) atoms. The second-order valence-corrected chi connectivity index (χ2v) is 8.51. The maximum atomic E-state index is 12.9. The van der Waals surface area contributed by atoms with Crippen molar-refractivity contribution >= 4 is 15.9 Å². The minimum atomic E-state index is -3.73. The number of para-hydroxylation sites is 1. The molecule has 3 N–H and O–H groups in total. The van der Waals surface area contributed by atoms with Gasteiger partial charge in [0.1, 0.15) is 5.69 Å². The van der Waals surface area contributed by atoms with Gasteiger partial charge in [-0.05, 0) is 48.4 Å². The van der Waals surface area contributed by atoms with Gasteiger partial charge in [-0.2, -0.15) is 0 Å². The summed E-state index contributed by atoms with van der Waals surface area (Å²) >= 11 is 0. The predicted octanol–water partition coefficient (Wildman–Crippen LogP) is 1.95. The first-order valence-electron chi connectivity index (χ1n) is 9.76. The molecule has 0 fully saturated rings. The molecule has 0 saturated heterocycles. The molecule has 2 aromatic carbocycles. The fraction of sp³-hybridized carbons (Fsp3) is 0.0909. The highest BCUT2D eigenvalue weighted by atomic mass is 32.2. The molecule has 10 heteroatoms. The van der Waals surface area contributed by atoms with Crippen molar-refractivity contribution < 1.29 is 13.2 Å². The molecular formula is C22H20N6O3S. The van der Waals surface area contributed by atoms with Crippen molar-refractivity contribution in [2.24, 2.45) is 5.14 Å². The summed E-state index contributed by atoms with van der Waals surface area (Å²) in [5, 5.41) is 16.2. The van der Waals surface area contributed by atoms with E-state index in [1.165, 1.54) is 12.1 Å². The van der Waals surface area contributed by atoms with E-state index in [2.05, 4.69) is 20.6 Å². The monoisotopic (exact) mass is 448 g/mol. The molecule has 0 saturated carbocycles. The molecular weight excluding hydrogens is 428 g/mol. The van der Waals surface area contributed by atoms with Crippen LogP contribution in [0.5, 0.6) is 0 Å². The number of amides is 1. The summed E-state index contributed by atoms with van der Waals surface area (Å²) in [7, 11) is -3.73. The largest absolute Gasteiger partial charge is 0.350 e. The van der Waals surface area contributed by atoms with Crippen LogP contribution in [0, 0.1) is 0 Å². The number of carbonyl (C=O) groups excluding carboxylic acids is 1. The maximum absolute atomic E-state index is 12.9. The third-order valence-electron chi connectivity index (χ3n) is 4.74. The highest BCUT2D eigenvalue weighted by Gasteiger charge is 2.22. The quantitative estimate of drug-likeness (QED) is 0.444. The van der Waals surface area contributed by atoms with Crippen LogP contribution in [0.2, 0.25) is 0 Å². The molecule has 4 rings (SSSR count). The normalized spacial score (nSPS) is 11.3. The molecule has 0 atom stereocenters. The van der Waals surface area contributed by atoms with Crippen molar-refractivity contribution in [2.45, 2.75) is 11.3 Å². The fourth-order valence-corrected chi connectivity index (χ4v) is 3.68. The van der Waals surface area contributed by atoms with E-state index in [1.54, 1.807) is 35.1 Å². The average molecular weight is 449 g/mol. The summed E-state index contributed by atoms with van der Waals surface area (Å²) in [4.78, 5) is 17.3. The standard InChI is InChI=1S/C22H20N6O3S/c23-32(30,31)18-11-9-16(10-12-18)13-15-25-22(29)20-21(19-8-4-5-14-24-19)28(27-26-20)17-6-2-1-3-7-17/h1-12,14H,13,15H2,(H,25,29)(H2,23,30,31). The number of benzene rings is 2. The molecule has 0 bridgehead atoms. The van der Waals surface area contributed by atoms with Crippen LogP contribution < -0.4 is 10.5 Å². The Hall–Kier alpha value is -3.89. The molecule has 0 radical (unpaired) electrons. The summed E-state index contributed by atoms with van der Waals surface area (Å²) in [6.45, 7) is 0.327. The zero-order valence-electron chi connectivity index (χ0n) is 16.9. The molecule has 0 spiro atoms.